The Kier molecular flexibility index (Phi) is 6.77. The van der Waals surface area contributed by atoms with Gasteiger partial charge in [-0.25, -0.2) is 4.79 Å². The lowest BCUT2D eigenvalue weighted by molar-refractivity contribution is -0.151. The molecule has 7 heteroatoms. The molecule has 1 aromatic carbocycles. The predicted molar refractivity (Wildman–Crippen MR) is 98.4 cm³/mol. The van der Waals surface area contributed by atoms with Gasteiger partial charge in [-0.15, -0.1) is 0 Å². The summed E-state index contributed by atoms with van der Waals surface area (Å²) in [6.45, 7) is 5.43. The highest BCUT2D eigenvalue weighted by atomic mass is 16.5. The van der Waals surface area contributed by atoms with E-state index in [1.165, 1.54) is 6.92 Å². The molecule has 0 aliphatic carbocycles. The number of rotatable bonds is 8. The van der Waals surface area contributed by atoms with Crippen LogP contribution < -0.4 is 10.6 Å². The van der Waals surface area contributed by atoms with Gasteiger partial charge < -0.3 is 20.4 Å². The quantitative estimate of drug-likeness (QED) is 0.622. The number of hydrogen-bond acceptors (Lipinski definition) is 4. The summed E-state index contributed by atoms with van der Waals surface area (Å²) in [6, 6.07) is 6.84. The van der Waals surface area contributed by atoms with E-state index in [0.717, 1.165) is 16.5 Å². The van der Waals surface area contributed by atoms with Gasteiger partial charge in [0.25, 0.3) is 5.91 Å². The van der Waals surface area contributed by atoms with Gasteiger partial charge in [0.2, 0.25) is 5.91 Å². The van der Waals surface area contributed by atoms with Crippen LogP contribution in [0.2, 0.25) is 0 Å². The van der Waals surface area contributed by atoms with Crippen LogP contribution in [0.4, 0.5) is 0 Å². The largest absolute Gasteiger partial charge is 0.454 e. The first-order valence-electron chi connectivity index (χ1n) is 8.62. The van der Waals surface area contributed by atoms with Crippen LogP contribution in [0.25, 0.3) is 10.9 Å². The van der Waals surface area contributed by atoms with Crippen molar-refractivity contribution < 1.29 is 19.1 Å². The average Bonchev–Trinajstić information content (AvgIpc) is 3.00. The zero-order valence-corrected chi connectivity index (χ0v) is 15.3. The van der Waals surface area contributed by atoms with Gasteiger partial charge in [0.1, 0.15) is 6.04 Å². The van der Waals surface area contributed by atoms with Gasteiger partial charge in [-0.05, 0) is 17.5 Å². The van der Waals surface area contributed by atoms with Crippen LogP contribution in [0.5, 0.6) is 0 Å². The van der Waals surface area contributed by atoms with Gasteiger partial charge in [-0.2, -0.15) is 0 Å². The number of hydrogen-bond donors (Lipinski definition) is 3. The van der Waals surface area contributed by atoms with E-state index in [4.69, 9.17) is 4.74 Å². The molecule has 0 fully saturated rings. The molecule has 0 unspecified atom stereocenters. The standard InChI is InChI=1S/C19H25N3O4/c1-12(2)9-21-18(24)11-26-19(25)17(22-13(3)23)8-14-10-20-16-7-5-4-6-15(14)16/h4-7,10,12,17,20H,8-9,11H2,1-3H3,(H,21,24)(H,22,23)/t17-/m0/s1. The molecular formula is C19H25N3O4. The zero-order chi connectivity index (χ0) is 19.1. The minimum atomic E-state index is -0.857. The van der Waals surface area contributed by atoms with E-state index in [9.17, 15) is 14.4 Å². The second-order valence-corrected chi connectivity index (χ2v) is 6.62. The number of benzene rings is 1. The molecule has 0 saturated carbocycles. The Labute approximate surface area is 152 Å². The van der Waals surface area contributed by atoms with E-state index in [1.807, 2.05) is 44.3 Å². The molecule has 2 rings (SSSR count). The normalized spacial score (nSPS) is 12.0. The maximum atomic E-state index is 12.4. The van der Waals surface area contributed by atoms with Crippen molar-refractivity contribution in [3.8, 4) is 0 Å². The molecule has 140 valence electrons. The van der Waals surface area contributed by atoms with Crippen LogP contribution in [0.15, 0.2) is 30.5 Å². The van der Waals surface area contributed by atoms with Crippen molar-refractivity contribution in [2.24, 2.45) is 5.92 Å². The summed E-state index contributed by atoms with van der Waals surface area (Å²) in [5.41, 5.74) is 1.84. The third-order valence-corrected chi connectivity index (χ3v) is 3.81. The summed E-state index contributed by atoms with van der Waals surface area (Å²) in [5, 5.41) is 6.25. The van der Waals surface area contributed by atoms with E-state index >= 15 is 0 Å². The summed E-state index contributed by atoms with van der Waals surface area (Å²) in [7, 11) is 0. The van der Waals surface area contributed by atoms with Gasteiger partial charge in [0.05, 0.1) is 0 Å². The molecule has 0 aliphatic rings. The highest BCUT2D eigenvalue weighted by Gasteiger charge is 2.23. The Hall–Kier alpha value is -2.83. The molecule has 7 nitrogen and oxygen atoms in total. The number of aromatic amines is 1. The summed E-state index contributed by atoms with van der Waals surface area (Å²) in [5.74, 6) is -1.02. The van der Waals surface area contributed by atoms with Crippen LogP contribution in [0.3, 0.4) is 0 Å². The van der Waals surface area contributed by atoms with Gasteiger partial charge in [-0.1, -0.05) is 32.0 Å². The summed E-state index contributed by atoms with van der Waals surface area (Å²) < 4.78 is 5.08. The van der Waals surface area contributed by atoms with Crippen LogP contribution in [-0.4, -0.2) is 42.0 Å². The fraction of sp³-hybridized carbons (Fsp3) is 0.421. The number of amides is 2. The Morgan fingerprint density at radius 2 is 1.92 bits per heavy atom. The highest BCUT2D eigenvalue weighted by molar-refractivity contribution is 5.88. The van der Waals surface area contributed by atoms with Gasteiger partial charge in [0, 0.05) is 37.0 Å². The molecule has 0 bridgehead atoms. The fourth-order valence-electron chi connectivity index (χ4n) is 2.57. The van der Waals surface area contributed by atoms with Crippen molar-refractivity contribution >= 4 is 28.7 Å². The van der Waals surface area contributed by atoms with Crippen LogP contribution >= 0.6 is 0 Å². The predicted octanol–water partition coefficient (Wildman–Crippen LogP) is 1.53. The van der Waals surface area contributed by atoms with Crippen molar-refractivity contribution in [2.45, 2.75) is 33.2 Å². The number of nitrogens with one attached hydrogen (secondary N) is 3. The van der Waals surface area contributed by atoms with E-state index in [2.05, 4.69) is 15.6 Å². The van der Waals surface area contributed by atoms with E-state index in [-0.39, 0.29) is 24.8 Å². The fourth-order valence-corrected chi connectivity index (χ4v) is 2.57. The second kappa shape index (κ2) is 9.03. The lowest BCUT2D eigenvalue weighted by atomic mass is 10.0. The van der Waals surface area contributed by atoms with Crippen molar-refractivity contribution in [1.82, 2.24) is 15.6 Å². The summed E-state index contributed by atoms with van der Waals surface area (Å²) in [6.07, 6.45) is 2.08. The Morgan fingerprint density at radius 1 is 1.19 bits per heavy atom. The van der Waals surface area contributed by atoms with Gasteiger partial charge >= 0.3 is 5.97 Å². The van der Waals surface area contributed by atoms with Crippen molar-refractivity contribution in [1.29, 1.82) is 0 Å². The number of esters is 1. The minimum Gasteiger partial charge on any atom is -0.454 e. The van der Waals surface area contributed by atoms with Crippen LogP contribution in [0, 0.1) is 5.92 Å². The molecule has 26 heavy (non-hydrogen) atoms. The maximum Gasteiger partial charge on any atom is 0.329 e. The molecule has 0 saturated heterocycles. The Balaban J connectivity index is 2.01. The molecule has 1 atom stereocenters. The maximum absolute atomic E-state index is 12.4. The number of carbonyl (C=O) groups is 3. The lowest BCUT2D eigenvalue weighted by Crippen LogP contribution is -2.43. The Morgan fingerprint density at radius 3 is 2.62 bits per heavy atom. The zero-order valence-electron chi connectivity index (χ0n) is 15.3. The molecular weight excluding hydrogens is 334 g/mol. The SMILES string of the molecule is CC(=O)N[C@@H](Cc1c[nH]c2ccccc12)C(=O)OCC(=O)NCC(C)C. The van der Waals surface area contributed by atoms with Crippen molar-refractivity contribution in [3.05, 3.63) is 36.0 Å². The third-order valence-electron chi connectivity index (χ3n) is 3.81. The number of fused-ring (bicyclic) bond motifs is 1. The Bertz CT molecular complexity index is 782. The smallest absolute Gasteiger partial charge is 0.329 e. The monoisotopic (exact) mass is 359 g/mol. The molecule has 0 spiro atoms. The van der Waals surface area contributed by atoms with E-state index < -0.39 is 12.0 Å². The molecule has 2 amide bonds. The molecule has 1 aromatic heterocycles. The topological polar surface area (TPSA) is 100 Å². The summed E-state index contributed by atoms with van der Waals surface area (Å²) >= 11 is 0. The van der Waals surface area contributed by atoms with Crippen LogP contribution in [-0.2, 0) is 25.5 Å². The van der Waals surface area contributed by atoms with Crippen molar-refractivity contribution in [2.75, 3.05) is 13.2 Å². The van der Waals surface area contributed by atoms with Crippen LogP contribution in [0.1, 0.15) is 26.3 Å². The lowest BCUT2D eigenvalue weighted by Gasteiger charge is -2.16. The van der Waals surface area contributed by atoms with E-state index in [0.29, 0.717) is 12.5 Å². The highest BCUT2D eigenvalue weighted by Crippen LogP contribution is 2.19. The minimum absolute atomic E-state index is 0.274. The molecule has 1 heterocycles. The average molecular weight is 359 g/mol. The van der Waals surface area contributed by atoms with Gasteiger partial charge in [-0.3, -0.25) is 9.59 Å². The molecule has 0 aliphatic heterocycles. The number of carbonyl (C=O) groups excluding carboxylic acids is 3. The number of para-hydroxylation sites is 1. The second-order valence-electron chi connectivity index (χ2n) is 6.62. The first kappa shape index (κ1) is 19.5. The number of ether oxygens (including phenoxy) is 1. The summed E-state index contributed by atoms with van der Waals surface area (Å²) in [4.78, 5) is 38.7. The number of H-pyrrole nitrogens is 1. The molecule has 0 radical (unpaired) electrons. The molecule has 3 N–H and O–H groups in total. The number of aromatic nitrogens is 1. The van der Waals surface area contributed by atoms with E-state index in [1.54, 1.807) is 0 Å². The van der Waals surface area contributed by atoms with Crippen molar-refractivity contribution in [3.63, 3.8) is 0 Å². The first-order chi connectivity index (χ1) is 12.4. The first-order valence-corrected chi connectivity index (χ1v) is 8.62. The molecule has 2 aromatic rings. The van der Waals surface area contributed by atoms with Gasteiger partial charge in [0.15, 0.2) is 6.61 Å². The third kappa shape index (κ3) is 5.61.